The fourth-order valence-electron chi connectivity index (χ4n) is 4.74. The standard InChI is InChI=1S/C25H19Cl2F5N8O/c1-38-20-18(26)16(41-17-10-35-40-7-5-33-21(27)19(17)40)9-34-22(20)37-23(38)36-14-3-2-13(15(8-14)25(30,31)32)11-39-6-4-24(28,29)12-39/h2-3,5,7-10H,4,6,11-12H2,1H3,(H,34,36,37). The smallest absolute Gasteiger partial charge is 0.416 e. The van der Waals surface area contributed by atoms with Gasteiger partial charge in [-0.2, -0.15) is 23.3 Å². The number of hydrogen-bond acceptors (Lipinski definition) is 7. The molecule has 4 aromatic heterocycles. The van der Waals surface area contributed by atoms with Gasteiger partial charge in [-0.25, -0.2) is 23.3 Å². The van der Waals surface area contributed by atoms with Gasteiger partial charge in [0.05, 0.1) is 24.5 Å². The number of nitrogens with one attached hydrogen (secondary N) is 1. The third-order valence-corrected chi connectivity index (χ3v) is 7.33. The van der Waals surface area contributed by atoms with Crippen LogP contribution in [0.15, 0.2) is 43.0 Å². The number of alkyl halides is 5. The second-order valence-electron chi connectivity index (χ2n) is 9.54. The Kier molecular flexibility index (Phi) is 6.66. The van der Waals surface area contributed by atoms with Gasteiger partial charge in [0, 0.05) is 44.6 Å². The van der Waals surface area contributed by atoms with E-state index in [0.717, 1.165) is 6.07 Å². The zero-order valence-electron chi connectivity index (χ0n) is 21.1. The van der Waals surface area contributed by atoms with Crippen LogP contribution in [0.2, 0.25) is 10.2 Å². The van der Waals surface area contributed by atoms with Crippen molar-refractivity contribution in [2.45, 2.75) is 25.1 Å². The fraction of sp³-hybridized carbons (Fsp3) is 0.280. The molecule has 0 unspecified atom stereocenters. The lowest BCUT2D eigenvalue weighted by Crippen LogP contribution is -2.26. The lowest BCUT2D eigenvalue weighted by molar-refractivity contribution is -0.138. The molecule has 1 saturated heterocycles. The second-order valence-corrected chi connectivity index (χ2v) is 10.3. The summed E-state index contributed by atoms with van der Waals surface area (Å²) in [7, 11) is 1.61. The molecular weight excluding hydrogens is 594 g/mol. The van der Waals surface area contributed by atoms with E-state index in [1.807, 2.05) is 0 Å². The number of imidazole rings is 1. The summed E-state index contributed by atoms with van der Waals surface area (Å²) in [6, 6.07) is 3.64. The lowest BCUT2D eigenvalue weighted by Gasteiger charge is -2.20. The van der Waals surface area contributed by atoms with Crippen LogP contribution in [0.4, 0.5) is 33.6 Å². The second kappa shape index (κ2) is 9.96. The van der Waals surface area contributed by atoms with E-state index >= 15 is 0 Å². The molecule has 214 valence electrons. The highest BCUT2D eigenvalue weighted by atomic mass is 35.5. The normalized spacial score (nSPS) is 15.7. The molecule has 0 amide bonds. The molecule has 16 heteroatoms. The third kappa shape index (κ3) is 5.22. The van der Waals surface area contributed by atoms with Crippen LogP contribution in [-0.4, -0.2) is 53.0 Å². The monoisotopic (exact) mass is 612 g/mol. The number of anilines is 2. The maximum atomic E-state index is 13.9. The van der Waals surface area contributed by atoms with Gasteiger partial charge in [0.15, 0.2) is 22.3 Å². The number of ether oxygens (including phenoxy) is 1. The number of nitrogens with zero attached hydrogens (tertiary/aromatic N) is 7. The van der Waals surface area contributed by atoms with Crippen molar-refractivity contribution < 1.29 is 26.7 Å². The Morgan fingerprint density at radius 3 is 2.63 bits per heavy atom. The molecule has 1 N–H and O–H groups in total. The van der Waals surface area contributed by atoms with E-state index in [0.29, 0.717) is 11.0 Å². The molecule has 1 aromatic carbocycles. The van der Waals surface area contributed by atoms with Gasteiger partial charge in [-0.1, -0.05) is 29.3 Å². The maximum absolute atomic E-state index is 13.9. The fourth-order valence-corrected chi connectivity index (χ4v) is 5.27. The van der Waals surface area contributed by atoms with Gasteiger partial charge in [0.2, 0.25) is 5.95 Å². The Balaban J connectivity index is 1.29. The Morgan fingerprint density at radius 1 is 1.10 bits per heavy atom. The van der Waals surface area contributed by atoms with Crippen LogP contribution in [0.3, 0.4) is 0 Å². The number of aromatic nitrogens is 6. The Bertz CT molecular complexity index is 1790. The number of aryl methyl sites for hydroxylation is 1. The van der Waals surface area contributed by atoms with Gasteiger partial charge in [-0.05, 0) is 17.7 Å². The summed E-state index contributed by atoms with van der Waals surface area (Å²) in [6.45, 7) is -0.802. The SMILES string of the molecule is Cn1c(Nc2ccc(CN3CCC(F)(F)C3)c(C(F)(F)F)c2)nc2ncc(Oc3cnn4ccnc(Cl)c34)c(Cl)c21. The molecule has 1 aliphatic rings. The molecule has 5 heterocycles. The average Bonchev–Trinajstić information content (AvgIpc) is 3.57. The number of fused-ring (bicyclic) bond motifs is 2. The summed E-state index contributed by atoms with van der Waals surface area (Å²) in [6.07, 6.45) is 0.794. The molecule has 0 spiro atoms. The van der Waals surface area contributed by atoms with Crippen molar-refractivity contribution in [1.29, 1.82) is 0 Å². The van der Waals surface area contributed by atoms with E-state index in [-0.39, 0.29) is 64.0 Å². The molecule has 41 heavy (non-hydrogen) atoms. The van der Waals surface area contributed by atoms with Gasteiger partial charge >= 0.3 is 6.18 Å². The molecule has 0 atom stereocenters. The topological polar surface area (TPSA) is 85.4 Å². The molecule has 5 aromatic rings. The van der Waals surface area contributed by atoms with Crippen molar-refractivity contribution in [3.63, 3.8) is 0 Å². The van der Waals surface area contributed by atoms with Gasteiger partial charge < -0.3 is 14.6 Å². The first-order chi connectivity index (χ1) is 19.4. The number of benzene rings is 1. The number of hydrogen-bond donors (Lipinski definition) is 1. The molecule has 0 radical (unpaired) electrons. The minimum atomic E-state index is -4.70. The Morgan fingerprint density at radius 2 is 1.90 bits per heavy atom. The van der Waals surface area contributed by atoms with Crippen LogP contribution in [-0.2, 0) is 19.8 Å². The number of halogens is 7. The number of likely N-dealkylation sites (tertiary alicyclic amines) is 1. The summed E-state index contributed by atoms with van der Waals surface area (Å²) in [5, 5.41) is 7.34. The highest BCUT2D eigenvalue weighted by molar-refractivity contribution is 6.36. The predicted molar refractivity (Wildman–Crippen MR) is 141 cm³/mol. The largest absolute Gasteiger partial charge is 0.450 e. The highest BCUT2D eigenvalue weighted by Gasteiger charge is 2.40. The Hall–Kier alpha value is -3.75. The summed E-state index contributed by atoms with van der Waals surface area (Å²) >= 11 is 12.8. The minimum absolute atomic E-state index is 0.0188. The van der Waals surface area contributed by atoms with Crippen LogP contribution in [0, 0.1) is 0 Å². The van der Waals surface area contributed by atoms with Crippen LogP contribution in [0.25, 0.3) is 16.7 Å². The molecule has 0 bridgehead atoms. The zero-order valence-corrected chi connectivity index (χ0v) is 22.6. The summed E-state index contributed by atoms with van der Waals surface area (Å²) in [5.41, 5.74) is 0.0574. The van der Waals surface area contributed by atoms with Crippen molar-refractivity contribution in [2.75, 3.05) is 18.4 Å². The summed E-state index contributed by atoms with van der Waals surface area (Å²) < 4.78 is 77.9. The zero-order chi connectivity index (χ0) is 29.1. The van der Waals surface area contributed by atoms with Crippen LogP contribution >= 0.6 is 23.2 Å². The summed E-state index contributed by atoms with van der Waals surface area (Å²) in [4.78, 5) is 14.0. The molecule has 6 rings (SSSR count). The van der Waals surface area contributed by atoms with Crippen molar-refractivity contribution in [2.24, 2.45) is 7.05 Å². The molecule has 9 nitrogen and oxygen atoms in total. The van der Waals surface area contributed by atoms with Crippen LogP contribution in [0.5, 0.6) is 11.5 Å². The first-order valence-corrected chi connectivity index (χ1v) is 12.9. The molecule has 1 aliphatic heterocycles. The maximum Gasteiger partial charge on any atom is 0.416 e. The molecular formula is C25H19Cl2F5N8O. The van der Waals surface area contributed by atoms with Crippen molar-refractivity contribution in [1.82, 2.24) is 34.0 Å². The molecule has 0 aliphatic carbocycles. The predicted octanol–water partition coefficient (Wildman–Crippen LogP) is 6.71. The third-order valence-electron chi connectivity index (χ3n) is 6.69. The average molecular weight is 613 g/mol. The van der Waals surface area contributed by atoms with E-state index in [4.69, 9.17) is 27.9 Å². The first kappa shape index (κ1) is 27.4. The summed E-state index contributed by atoms with van der Waals surface area (Å²) in [5.74, 6) is -2.30. The van der Waals surface area contributed by atoms with E-state index in [1.165, 1.54) is 44.7 Å². The van der Waals surface area contributed by atoms with Gasteiger partial charge in [0.25, 0.3) is 5.92 Å². The minimum Gasteiger partial charge on any atom is -0.450 e. The molecule has 1 fully saturated rings. The highest BCUT2D eigenvalue weighted by Crippen LogP contribution is 2.39. The van der Waals surface area contributed by atoms with E-state index in [1.54, 1.807) is 13.2 Å². The number of rotatable bonds is 6. The molecule has 0 saturated carbocycles. The Labute approximate surface area is 238 Å². The number of pyridine rings is 1. The van der Waals surface area contributed by atoms with Crippen molar-refractivity contribution >= 4 is 51.5 Å². The first-order valence-electron chi connectivity index (χ1n) is 12.1. The quantitative estimate of drug-likeness (QED) is 0.213. The van der Waals surface area contributed by atoms with E-state index in [9.17, 15) is 22.0 Å². The van der Waals surface area contributed by atoms with Crippen LogP contribution in [0.1, 0.15) is 17.5 Å². The van der Waals surface area contributed by atoms with Gasteiger partial charge in [0.1, 0.15) is 16.1 Å². The van der Waals surface area contributed by atoms with E-state index in [2.05, 4.69) is 25.4 Å². The van der Waals surface area contributed by atoms with Gasteiger partial charge in [-0.3, -0.25) is 4.90 Å². The van der Waals surface area contributed by atoms with Gasteiger partial charge in [-0.15, -0.1) is 0 Å². The van der Waals surface area contributed by atoms with Crippen LogP contribution < -0.4 is 10.1 Å². The van der Waals surface area contributed by atoms with Crippen molar-refractivity contribution in [3.05, 3.63) is 64.3 Å². The van der Waals surface area contributed by atoms with Crippen molar-refractivity contribution in [3.8, 4) is 11.5 Å². The van der Waals surface area contributed by atoms with E-state index < -0.39 is 24.2 Å². The lowest BCUT2D eigenvalue weighted by atomic mass is 10.1.